The number of halogens is 1. The van der Waals surface area contributed by atoms with Crippen LogP contribution in [0.2, 0.25) is 5.02 Å². The van der Waals surface area contributed by atoms with Crippen molar-refractivity contribution in [2.24, 2.45) is 0 Å². The van der Waals surface area contributed by atoms with Crippen LogP contribution in [-0.4, -0.2) is 47.2 Å². The van der Waals surface area contributed by atoms with Crippen molar-refractivity contribution in [3.63, 3.8) is 0 Å². The minimum atomic E-state index is -0.325. The first kappa shape index (κ1) is 18.7. The molecule has 0 atom stereocenters. The number of hydrogen-bond donors (Lipinski definition) is 1. The highest BCUT2D eigenvalue weighted by Crippen LogP contribution is 2.25. The lowest BCUT2D eigenvalue weighted by Crippen LogP contribution is -2.46. The van der Waals surface area contributed by atoms with E-state index in [1.54, 1.807) is 17.7 Å². The van der Waals surface area contributed by atoms with Gasteiger partial charge in [-0.25, -0.2) is 4.79 Å². The number of anilines is 1. The minimum absolute atomic E-state index is 0.303. The van der Waals surface area contributed by atoms with E-state index in [4.69, 9.17) is 11.6 Å². The lowest BCUT2D eigenvalue weighted by atomic mass is 10.2. The third kappa shape index (κ3) is 4.56. The fourth-order valence-electron chi connectivity index (χ4n) is 3.32. The third-order valence-corrected chi connectivity index (χ3v) is 5.20. The van der Waals surface area contributed by atoms with Crippen molar-refractivity contribution in [1.29, 1.82) is 0 Å². The molecule has 6 nitrogen and oxygen atoms in total. The Bertz CT molecular complexity index is 853. The second-order valence-electron chi connectivity index (χ2n) is 6.75. The van der Waals surface area contributed by atoms with E-state index in [2.05, 4.69) is 20.9 Å². The molecular weight excluding hydrogens is 352 g/mol. The molecule has 3 rings (SSSR count). The number of benzene rings is 1. The Morgan fingerprint density at radius 1 is 1.04 bits per heavy atom. The molecule has 0 spiro atoms. The molecule has 0 saturated carbocycles. The summed E-state index contributed by atoms with van der Waals surface area (Å²) in [5.74, 6) is 0. The molecule has 0 amide bonds. The molecule has 26 heavy (non-hydrogen) atoms. The predicted molar refractivity (Wildman–Crippen MR) is 105 cm³/mol. The van der Waals surface area contributed by atoms with Gasteiger partial charge in [0.05, 0.1) is 10.7 Å². The van der Waals surface area contributed by atoms with E-state index in [1.807, 2.05) is 18.2 Å². The Balaban J connectivity index is 1.42. The van der Waals surface area contributed by atoms with Crippen LogP contribution in [0.5, 0.6) is 0 Å². The van der Waals surface area contributed by atoms with Gasteiger partial charge in [-0.15, -0.1) is 0 Å². The van der Waals surface area contributed by atoms with Crippen LogP contribution in [0.3, 0.4) is 0 Å². The zero-order valence-corrected chi connectivity index (χ0v) is 15.8. The van der Waals surface area contributed by atoms with E-state index in [0.29, 0.717) is 12.1 Å². The van der Waals surface area contributed by atoms with Gasteiger partial charge in [-0.3, -0.25) is 14.7 Å². The normalized spacial score (nSPS) is 15.4. The Labute approximate surface area is 158 Å². The lowest BCUT2D eigenvalue weighted by molar-refractivity contribution is 0.251. The number of nitrogens with zero attached hydrogens (tertiary/aromatic N) is 3. The quantitative estimate of drug-likeness (QED) is 0.784. The van der Waals surface area contributed by atoms with Gasteiger partial charge in [0, 0.05) is 44.5 Å². The van der Waals surface area contributed by atoms with Gasteiger partial charge in [-0.1, -0.05) is 23.7 Å². The number of piperazine rings is 1. The highest BCUT2D eigenvalue weighted by molar-refractivity contribution is 6.33. The van der Waals surface area contributed by atoms with E-state index in [1.165, 1.54) is 0 Å². The second kappa shape index (κ2) is 8.56. The number of unbranched alkanes of at least 4 members (excludes halogenated alkanes) is 1. The molecule has 1 saturated heterocycles. The minimum Gasteiger partial charge on any atom is -0.368 e. The topological polar surface area (TPSA) is 61.3 Å². The summed E-state index contributed by atoms with van der Waals surface area (Å²) in [7, 11) is 0. The van der Waals surface area contributed by atoms with Crippen LogP contribution in [0.25, 0.3) is 0 Å². The smallest absolute Gasteiger partial charge is 0.328 e. The summed E-state index contributed by atoms with van der Waals surface area (Å²) < 4.78 is 1.59. The van der Waals surface area contributed by atoms with Crippen molar-refractivity contribution < 1.29 is 0 Å². The lowest BCUT2D eigenvalue weighted by Gasteiger charge is -2.36. The molecule has 140 valence electrons. The predicted octanol–water partition coefficient (Wildman–Crippen LogP) is 2.10. The van der Waals surface area contributed by atoms with Crippen LogP contribution >= 0.6 is 11.6 Å². The van der Waals surface area contributed by atoms with Gasteiger partial charge in [0.2, 0.25) is 0 Å². The fourth-order valence-corrected chi connectivity index (χ4v) is 3.58. The Hall–Kier alpha value is -2.05. The monoisotopic (exact) mass is 376 g/mol. The van der Waals surface area contributed by atoms with Crippen molar-refractivity contribution in [2.75, 3.05) is 37.6 Å². The summed E-state index contributed by atoms with van der Waals surface area (Å²) in [6, 6.07) is 7.98. The number of H-pyrrole nitrogens is 1. The van der Waals surface area contributed by atoms with Gasteiger partial charge >= 0.3 is 5.69 Å². The van der Waals surface area contributed by atoms with Gasteiger partial charge in [0.15, 0.2) is 0 Å². The number of rotatable bonds is 6. The van der Waals surface area contributed by atoms with E-state index in [0.717, 1.165) is 56.3 Å². The van der Waals surface area contributed by atoms with Crippen molar-refractivity contribution in [3.05, 3.63) is 61.9 Å². The van der Waals surface area contributed by atoms with Gasteiger partial charge < -0.3 is 9.47 Å². The maximum Gasteiger partial charge on any atom is 0.328 e. The first-order chi connectivity index (χ1) is 12.5. The molecule has 1 fully saturated rings. The van der Waals surface area contributed by atoms with Crippen LogP contribution in [-0.2, 0) is 6.54 Å². The summed E-state index contributed by atoms with van der Waals surface area (Å²) in [4.78, 5) is 30.3. The van der Waals surface area contributed by atoms with Gasteiger partial charge in [-0.2, -0.15) is 0 Å². The largest absolute Gasteiger partial charge is 0.368 e. The van der Waals surface area contributed by atoms with Crippen LogP contribution < -0.4 is 16.1 Å². The van der Waals surface area contributed by atoms with Crippen LogP contribution in [0.4, 0.5) is 5.69 Å². The number of para-hydroxylation sites is 1. The van der Waals surface area contributed by atoms with E-state index in [-0.39, 0.29) is 11.2 Å². The van der Waals surface area contributed by atoms with Crippen molar-refractivity contribution >= 4 is 17.3 Å². The third-order valence-electron chi connectivity index (χ3n) is 4.88. The Morgan fingerprint density at radius 3 is 2.46 bits per heavy atom. The Kier molecular flexibility index (Phi) is 6.16. The average Bonchev–Trinajstić information content (AvgIpc) is 2.64. The SMILES string of the molecule is Cc1cn(CCCCN2CCN(c3ccccc3Cl)CC2)c(=O)[nH]c1=O. The molecule has 7 heteroatoms. The molecule has 1 aromatic heterocycles. The maximum absolute atomic E-state index is 11.8. The molecule has 2 aromatic rings. The van der Waals surface area contributed by atoms with E-state index in [9.17, 15) is 9.59 Å². The number of aryl methyl sites for hydroxylation is 2. The molecule has 0 bridgehead atoms. The molecule has 1 aromatic carbocycles. The molecule has 1 aliphatic heterocycles. The van der Waals surface area contributed by atoms with Crippen molar-refractivity contribution in [3.8, 4) is 0 Å². The summed E-state index contributed by atoms with van der Waals surface area (Å²) in [6.45, 7) is 7.35. The van der Waals surface area contributed by atoms with Crippen LogP contribution in [0.1, 0.15) is 18.4 Å². The standard InChI is InChI=1S/C19H25ClN4O2/c1-15-14-24(19(26)21-18(15)25)9-5-4-8-22-10-12-23(13-11-22)17-7-3-2-6-16(17)20/h2-3,6-7,14H,4-5,8-13H2,1H3,(H,21,25,26). The first-order valence-corrected chi connectivity index (χ1v) is 9.44. The summed E-state index contributed by atoms with van der Waals surface area (Å²) in [5, 5.41) is 0.808. The molecule has 1 N–H and O–H groups in total. The molecule has 0 unspecified atom stereocenters. The van der Waals surface area contributed by atoms with Gasteiger partial charge in [0.25, 0.3) is 5.56 Å². The second-order valence-corrected chi connectivity index (χ2v) is 7.16. The van der Waals surface area contributed by atoms with Gasteiger partial charge in [0.1, 0.15) is 0 Å². The highest BCUT2D eigenvalue weighted by Gasteiger charge is 2.18. The van der Waals surface area contributed by atoms with E-state index >= 15 is 0 Å². The average molecular weight is 377 g/mol. The number of aromatic amines is 1. The summed E-state index contributed by atoms with van der Waals surface area (Å²) in [5.41, 5.74) is 1.05. The zero-order chi connectivity index (χ0) is 18.5. The van der Waals surface area contributed by atoms with Crippen LogP contribution in [0, 0.1) is 6.92 Å². The summed E-state index contributed by atoms with van der Waals surface area (Å²) in [6.07, 6.45) is 3.58. The van der Waals surface area contributed by atoms with Crippen molar-refractivity contribution in [2.45, 2.75) is 26.3 Å². The Morgan fingerprint density at radius 2 is 1.73 bits per heavy atom. The molecule has 0 radical (unpaired) electrons. The maximum atomic E-state index is 11.8. The number of aromatic nitrogens is 2. The van der Waals surface area contributed by atoms with Crippen LogP contribution in [0.15, 0.2) is 40.1 Å². The molecular formula is C19H25ClN4O2. The zero-order valence-electron chi connectivity index (χ0n) is 15.1. The highest BCUT2D eigenvalue weighted by atomic mass is 35.5. The molecule has 0 aliphatic carbocycles. The number of hydrogen-bond acceptors (Lipinski definition) is 4. The first-order valence-electron chi connectivity index (χ1n) is 9.07. The molecule has 2 heterocycles. The molecule has 1 aliphatic rings. The van der Waals surface area contributed by atoms with Gasteiger partial charge in [-0.05, 0) is 38.4 Å². The van der Waals surface area contributed by atoms with E-state index < -0.39 is 0 Å². The summed E-state index contributed by atoms with van der Waals surface area (Å²) >= 11 is 6.28. The number of nitrogens with one attached hydrogen (secondary N) is 1. The van der Waals surface area contributed by atoms with Crippen molar-refractivity contribution in [1.82, 2.24) is 14.5 Å². The fraction of sp³-hybridized carbons (Fsp3) is 0.474.